The van der Waals surface area contributed by atoms with Crippen molar-refractivity contribution >= 4 is 0 Å². The number of allylic oxidation sites excluding steroid dienone is 1. The summed E-state index contributed by atoms with van der Waals surface area (Å²) < 4.78 is 5.30. The van der Waals surface area contributed by atoms with Crippen molar-refractivity contribution in [2.75, 3.05) is 6.61 Å². The molecular formula is C10H11O. The second-order valence-electron chi connectivity index (χ2n) is 2.11. The van der Waals surface area contributed by atoms with Gasteiger partial charge in [-0.3, -0.25) is 0 Å². The van der Waals surface area contributed by atoms with Crippen molar-refractivity contribution in [3.05, 3.63) is 42.5 Å². The maximum Gasteiger partial charge on any atom is 0.127 e. The summed E-state index contributed by atoms with van der Waals surface area (Å²) in [4.78, 5) is 0. The van der Waals surface area contributed by atoms with Gasteiger partial charge in [0.2, 0.25) is 0 Å². The molecule has 1 rings (SSSR count). The van der Waals surface area contributed by atoms with Gasteiger partial charge >= 0.3 is 0 Å². The summed E-state index contributed by atoms with van der Waals surface area (Å²) in [5.74, 6) is 0.797. The molecule has 0 amide bonds. The fourth-order valence-corrected chi connectivity index (χ4v) is 0.701. The Kier molecular flexibility index (Phi) is 3.26. The first-order valence-corrected chi connectivity index (χ1v) is 3.64. The molecule has 0 spiro atoms. The van der Waals surface area contributed by atoms with E-state index in [0.717, 1.165) is 5.75 Å². The van der Waals surface area contributed by atoms with Crippen molar-refractivity contribution in [2.45, 2.75) is 6.92 Å². The molecule has 0 fully saturated rings. The SMILES string of the molecule is CC=CCOc1[c]cccc1. The van der Waals surface area contributed by atoms with Crippen molar-refractivity contribution < 1.29 is 4.74 Å². The second kappa shape index (κ2) is 4.56. The minimum atomic E-state index is 0.622. The highest BCUT2D eigenvalue weighted by molar-refractivity contribution is 5.19. The Hall–Kier alpha value is -1.24. The molecule has 0 atom stereocenters. The number of rotatable bonds is 3. The van der Waals surface area contributed by atoms with Gasteiger partial charge in [-0.25, -0.2) is 0 Å². The topological polar surface area (TPSA) is 9.23 Å². The summed E-state index contributed by atoms with van der Waals surface area (Å²) in [6.45, 7) is 2.59. The summed E-state index contributed by atoms with van der Waals surface area (Å²) >= 11 is 0. The van der Waals surface area contributed by atoms with Gasteiger partial charge in [0.25, 0.3) is 0 Å². The molecule has 1 aromatic carbocycles. The van der Waals surface area contributed by atoms with Crippen LogP contribution < -0.4 is 4.74 Å². The number of benzene rings is 1. The zero-order valence-corrected chi connectivity index (χ0v) is 6.58. The maximum atomic E-state index is 5.30. The third-order valence-corrected chi connectivity index (χ3v) is 1.25. The van der Waals surface area contributed by atoms with Crippen molar-refractivity contribution in [2.24, 2.45) is 0 Å². The second-order valence-corrected chi connectivity index (χ2v) is 2.11. The standard InChI is InChI=1S/C10H11O/c1-2-3-9-11-10-7-5-4-6-8-10/h2-7H,9H2,1H3. The Labute approximate surface area is 67.3 Å². The molecule has 0 heterocycles. The smallest absolute Gasteiger partial charge is 0.127 e. The Morgan fingerprint density at radius 3 is 3.09 bits per heavy atom. The van der Waals surface area contributed by atoms with Crippen LogP contribution in [-0.4, -0.2) is 6.61 Å². The fourth-order valence-electron chi connectivity index (χ4n) is 0.701. The first-order chi connectivity index (χ1) is 5.43. The molecule has 0 saturated heterocycles. The molecule has 1 heteroatoms. The molecule has 0 aromatic heterocycles. The predicted molar refractivity (Wildman–Crippen MR) is 45.6 cm³/mol. The fraction of sp³-hybridized carbons (Fsp3) is 0.200. The van der Waals surface area contributed by atoms with Crippen LogP contribution in [0.2, 0.25) is 0 Å². The van der Waals surface area contributed by atoms with Gasteiger partial charge in [0.15, 0.2) is 0 Å². The minimum Gasteiger partial charge on any atom is -0.489 e. The van der Waals surface area contributed by atoms with Crippen LogP contribution in [0.25, 0.3) is 0 Å². The Morgan fingerprint density at radius 1 is 1.55 bits per heavy atom. The lowest BCUT2D eigenvalue weighted by Crippen LogP contribution is -1.91. The zero-order chi connectivity index (χ0) is 7.94. The molecule has 1 nitrogen and oxygen atoms in total. The van der Waals surface area contributed by atoms with Crippen molar-refractivity contribution in [3.63, 3.8) is 0 Å². The largest absolute Gasteiger partial charge is 0.489 e. The van der Waals surface area contributed by atoms with Crippen molar-refractivity contribution in [3.8, 4) is 5.75 Å². The zero-order valence-electron chi connectivity index (χ0n) is 6.58. The van der Waals surface area contributed by atoms with Crippen LogP contribution in [0.4, 0.5) is 0 Å². The van der Waals surface area contributed by atoms with E-state index in [4.69, 9.17) is 4.74 Å². The average molecular weight is 147 g/mol. The van der Waals surface area contributed by atoms with Gasteiger partial charge in [-0.05, 0) is 13.0 Å². The molecule has 0 aliphatic rings. The van der Waals surface area contributed by atoms with Crippen LogP contribution >= 0.6 is 0 Å². The summed E-state index contributed by atoms with van der Waals surface area (Å²) in [7, 11) is 0. The quantitative estimate of drug-likeness (QED) is 0.597. The lowest BCUT2D eigenvalue weighted by Gasteiger charge is -1.99. The van der Waals surface area contributed by atoms with Crippen LogP contribution in [0.15, 0.2) is 36.4 Å². The lowest BCUT2D eigenvalue weighted by atomic mass is 10.3. The van der Waals surface area contributed by atoms with E-state index in [9.17, 15) is 0 Å². The van der Waals surface area contributed by atoms with Gasteiger partial charge in [0, 0.05) is 6.07 Å². The molecule has 0 aliphatic carbocycles. The Balaban J connectivity index is 2.39. The van der Waals surface area contributed by atoms with Gasteiger partial charge in [-0.15, -0.1) is 0 Å². The number of para-hydroxylation sites is 1. The summed E-state index contributed by atoms with van der Waals surface area (Å²) in [5, 5.41) is 0. The first-order valence-electron chi connectivity index (χ1n) is 3.64. The van der Waals surface area contributed by atoms with Gasteiger partial charge in [-0.1, -0.05) is 30.4 Å². The van der Waals surface area contributed by atoms with E-state index >= 15 is 0 Å². The van der Waals surface area contributed by atoms with Crippen LogP contribution in [0.5, 0.6) is 5.75 Å². The molecule has 1 aromatic rings. The molecule has 57 valence electrons. The molecule has 0 bridgehead atoms. The number of ether oxygens (including phenoxy) is 1. The van der Waals surface area contributed by atoms with Crippen LogP contribution in [0, 0.1) is 6.07 Å². The third-order valence-electron chi connectivity index (χ3n) is 1.25. The Bertz CT molecular complexity index is 214. The molecule has 1 radical (unpaired) electrons. The van der Waals surface area contributed by atoms with Gasteiger partial charge in [0.05, 0.1) is 0 Å². The van der Waals surface area contributed by atoms with Crippen molar-refractivity contribution in [1.82, 2.24) is 0 Å². The predicted octanol–water partition coefficient (Wildman–Crippen LogP) is 2.44. The summed E-state index contributed by atoms with van der Waals surface area (Å²) in [6.07, 6.45) is 3.92. The summed E-state index contributed by atoms with van der Waals surface area (Å²) in [6, 6.07) is 10.6. The summed E-state index contributed by atoms with van der Waals surface area (Å²) in [5.41, 5.74) is 0. The van der Waals surface area contributed by atoms with Crippen LogP contribution in [0.1, 0.15) is 6.92 Å². The Morgan fingerprint density at radius 2 is 2.45 bits per heavy atom. The lowest BCUT2D eigenvalue weighted by molar-refractivity contribution is 0.362. The third kappa shape index (κ3) is 2.89. The van der Waals surface area contributed by atoms with Gasteiger partial charge in [0.1, 0.15) is 12.4 Å². The van der Waals surface area contributed by atoms with Gasteiger partial charge in [-0.2, -0.15) is 0 Å². The van der Waals surface area contributed by atoms with E-state index in [-0.39, 0.29) is 0 Å². The highest BCUT2D eigenvalue weighted by Gasteiger charge is 1.86. The molecule has 0 aliphatic heterocycles. The van der Waals surface area contributed by atoms with E-state index < -0.39 is 0 Å². The average Bonchev–Trinajstić information content (AvgIpc) is 2.07. The molecule has 0 N–H and O–H groups in total. The molecule has 0 saturated carbocycles. The maximum absolute atomic E-state index is 5.30. The van der Waals surface area contributed by atoms with E-state index in [1.54, 1.807) is 0 Å². The molecular weight excluding hydrogens is 136 g/mol. The number of hydrogen-bond donors (Lipinski definition) is 0. The molecule has 0 unspecified atom stereocenters. The normalized spacial score (nSPS) is 10.3. The highest BCUT2D eigenvalue weighted by Crippen LogP contribution is 2.06. The minimum absolute atomic E-state index is 0.622. The molecule has 11 heavy (non-hydrogen) atoms. The van der Waals surface area contributed by atoms with Crippen molar-refractivity contribution in [1.29, 1.82) is 0 Å². The van der Waals surface area contributed by atoms with E-state index in [1.807, 2.05) is 43.3 Å². The number of hydrogen-bond acceptors (Lipinski definition) is 1. The van der Waals surface area contributed by atoms with Gasteiger partial charge < -0.3 is 4.74 Å². The van der Waals surface area contributed by atoms with E-state index in [1.165, 1.54) is 0 Å². The monoisotopic (exact) mass is 147 g/mol. The van der Waals surface area contributed by atoms with E-state index in [0.29, 0.717) is 6.61 Å². The first kappa shape index (κ1) is 7.86. The van der Waals surface area contributed by atoms with Crippen LogP contribution in [0.3, 0.4) is 0 Å². The van der Waals surface area contributed by atoms with Crippen LogP contribution in [-0.2, 0) is 0 Å². The van der Waals surface area contributed by atoms with E-state index in [2.05, 4.69) is 6.07 Å². The highest BCUT2D eigenvalue weighted by atomic mass is 16.5.